The number of aromatic nitrogens is 1. The van der Waals surface area contributed by atoms with Crippen molar-refractivity contribution in [3.05, 3.63) is 29.6 Å². The molecule has 0 aliphatic heterocycles. The molecule has 0 saturated heterocycles. The van der Waals surface area contributed by atoms with Crippen LogP contribution in [0.3, 0.4) is 0 Å². The quantitative estimate of drug-likeness (QED) is 0.570. The van der Waals surface area contributed by atoms with Crippen LogP contribution in [-0.2, 0) is 11.3 Å². The Morgan fingerprint density at radius 2 is 2.16 bits per heavy atom. The van der Waals surface area contributed by atoms with E-state index in [1.165, 1.54) is 7.11 Å². The Morgan fingerprint density at radius 1 is 1.37 bits per heavy atom. The van der Waals surface area contributed by atoms with E-state index in [-0.39, 0.29) is 12.6 Å². The summed E-state index contributed by atoms with van der Waals surface area (Å²) in [4.78, 5) is 17.7. The molecule has 0 bridgehead atoms. The zero-order valence-corrected chi connectivity index (χ0v) is 11.6. The van der Waals surface area contributed by atoms with Gasteiger partial charge in [-0.25, -0.2) is 4.79 Å². The van der Waals surface area contributed by atoms with Crippen LogP contribution < -0.4 is 0 Å². The summed E-state index contributed by atoms with van der Waals surface area (Å²) in [6, 6.07) is 3.57. The number of nitrogens with zero attached hydrogens (tertiary/aromatic N) is 2. The third kappa shape index (κ3) is 5.81. The Kier molecular flexibility index (Phi) is 7.07. The van der Waals surface area contributed by atoms with Gasteiger partial charge in [-0.05, 0) is 45.0 Å². The summed E-state index contributed by atoms with van der Waals surface area (Å²) in [5, 5.41) is 8.70. The van der Waals surface area contributed by atoms with Crippen molar-refractivity contribution in [2.75, 3.05) is 27.3 Å². The van der Waals surface area contributed by atoms with Crippen LogP contribution >= 0.6 is 0 Å². The van der Waals surface area contributed by atoms with Crippen LogP contribution in [0.4, 0.5) is 0 Å². The molecule has 0 saturated carbocycles. The number of methoxy groups -OCH3 is 1. The minimum atomic E-state index is -0.364. The molecule has 0 fully saturated rings. The molecule has 1 aromatic rings. The van der Waals surface area contributed by atoms with Gasteiger partial charge in [0.05, 0.1) is 18.4 Å². The van der Waals surface area contributed by atoms with Crippen molar-refractivity contribution in [3.63, 3.8) is 0 Å². The third-order valence-corrected chi connectivity index (χ3v) is 2.88. The minimum Gasteiger partial charge on any atom is -0.465 e. The van der Waals surface area contributed by atoms with Crippen LogP contribution in [0.25, 0.3) is 0 Å². The van der Waals surface area contributed by atoms with Crippen LogP contribution in [0.5, 0.6) is 0 Å². The predicted molar refractivity (Wildman–Crippen MR) is 72.8 cm³/mol. The maximum absolute atomic E-state index is 11.3. The predicted octanol–water partition coefficient (Wildman–Crippen LogP) is 1.46. The van der Waals surface area contributed by atoms with Gasteiger partial charge < -0.3 is 14.7 Å². The molecule has 1 rings (SSSR count). The number of carbonyl (C=O) groups excluding carboxylic acids is 1. The molecule has 1 N–H and O–H groups in total. The van der Waals surface area contributed by atoms with Crippen LogP contribution in [-0.4, -0.2) is 48.3 Å². The Balaban J connectivity index is 2.38. The van der Waals surface area contributed by atoms with E-state index in [0.29, 0.717) is 5.56 Å². The van der Waals surface area contributed by atoms with Crippen LogP contribution in [0, 0.1) is 0 Å². The number of carbonyl (C=O) groups is 1. The second kappa shape index (κ2) is 8.61. The molecular weight excluding hydrogens is 244 g/mol. The number of pyridine rings is 1. The van der Waals surface area contributed by atoms with Crippen LogP contribution in [0.1, 0.15) is 35.3 Å². The van der Waals surface area contributed by atoms with E-state index in [4.69, 9.17) is 5.11 Å². The smallest absolute Gasteiger partial charge is 0.339 e. The molecule has 1 aromatic heterocycles. The van der Waals surface area contributed by atoms with E-state index < -0.39 is 0 Å². The minimum absolute atomic E-state index is 0.264. The highest BCUT2D eigenvalue weighted by molar-refractivity contribution is 5.88. The zero-order chi connectivity index (χ0) is 14.1. The molecule has 106 valence electrons. The summed E-state index contributed by atoms with van der Waals surface area (Å²) in [5.41, 5.74) is 1.40. The number of esters is 1. The fraction of sp³-hybridized carbons (Fsp3) is 0.571. The van der Waals surface area contributed by atoms with Gasteiger partial charge in [0.2, 0.25) is 0 Å². The van der Waals surface area contributed by atoms with Crippen molar-refractivity contribution < 1.29 is 14.6 Å². The first-order chi connectivity index (χ1) is 9.17. The largest absolute Gasteiger partial charge is 0.465 e. The highest BCUT2D eigenvalue weighted by atomic mass is 16.5. The summed E-state index contributed by atoms with van der Waals surface area (Å²) in [6.07, 6.45) is 4.51. The topological polar surface area (TPSA) is 62.7 Å². The Labute approximate surface area is 114 Å². The standard InChI is InChI=1S/C14H22N2O3/c1-16(8-4-3-5-9-17)11-13-7-6-12(10-15-13)14(18)19-2/h6-7,10,17H,3-5,8-9,11H2,1-2H3. The molecular formula is C14H22N2O3. The summed E-state index contributed by atoms with van der Waals surface area (Å²) in [5.74, 6) is -0.364. The van der Waals surface area contributed by atoms with Gasteiger partial charge >= 0.3 is 5.97 Å². The molecule has 0 amide bonds. The van der Waals surface area contributed by atoms with E-state index >= 15 is 0 Å². The second-order valence-electron chi connectivity index (χ2n) is 4.55. The number of rotatable bonds is 8. The van der Waals surface area contributed by atoms with Gasteiger partial charge in [0, 0.05) is 19.3 Å². The Morgan fingerprint density at radius 3 is 2.74 bits per heavy atom. The van der Waals surface area contributed by atoms with Crippen molar-refractivity contribution in [2.45, 2.75) is 25.8 Å². The van der Waals surface area contributed by atoms with Crippen molar-refractivity contribution in [1.82, 2.24) is 9.88 Å². The lowest BCUT2D eigenvalue weighted by Crippen LogP contribution is -2.20. The Bertz CT molecular complexity index is 379. The van der Waals surface area contributed by atoms with E-state index in [1.54, 1.807) is 12.3 Å². The molecule has 5 heteroatoms. The first-order valence-electron chi connectivity index (χ1n) is 6.50. The van der Waals surface area contributed by atoms with E-state index in [9.17, 15) is 4.79 Å². The number of aliphatic hydroxyl groups excluding tert-OH is 1. The highest BCUT2D eigenvalue weighted by Crippen LogP contribution is 2.05. The number of hydrogen-bond acceptors (Lipinski definition) is 5. The van der Waals surface area contributed by atoms with E-state index in [0.717, 1.165) is 38.0 Å². The third-order valence-electron chi connectivity index (χ3n) is 2.88. The SMILES string of the molecule is COC(=O)c1ccc(CN(C)CCCCCO)nc1. The van der Waals surface area contributed by atoms with Crippen molar-refractivity contribution in [2.24, 2.45) is 0 Å². The summed E-state index contributed by atoms with van der Waals surface area (Å²) >= 11 is 0. The molecule has 0 spiro atoms. The summed E-state index contributed by atoms with van der Waals surface area (Å²) < 4.78 is 4.62. The number of hydrogen-bond donors (Lipinski definition) is 1. The lowest BCUT2D eigenvalue weighted by atomic mass is 10.2. The maximum Gasteiger partial charge on any atom is 0.339 e. The highest BCUT2D eigenvalue weighted by Gasteiger charge is 2.06. The number of unbranched alkanes of at least 4 members (excludes halogenated alkanes) is 2. The van der Waals surface area contributed by atoms with Crippen molar-refractivity contribution >= 4 is 5.97 Å². The molecule has 0 aromatic carbocycles. The number of aliphatic hydroxyl groups is 1. The molecule has 0 radical (unpaired) electrons. The van der Waals surface area contributed by atoms with Gasteiger partial charge in [-0.1, -0.05) is 0 Å². The molecule has 0 aliphatic rings. The van der Waals surface area contributed by atoms with Gasteiger partial charge in [0.15, 0.2) is 0 Å². The fourth-order valence-electron chi connectivity index (χ4n) is 1.78. The van der Waals surface area contributed by atoms with Crippen LogP contribution in [0.15, 0.2) is 18.3 Å². The lowest BCUT2D eigenvalue weighted by molar-refractivity contribution is 0.0600. The number of ether oxygens (including phenoxy) is 1. The average Bonchev–Trinajstić information content (AvgIpc) is 2.43. The van der Waals surface area contributed by atoms with Gasteiger partial charge in [-0.15, -0.1) is 0 Å². The lowest BCUT2D eigenvalue weighted by Gasteiger charge is -2.15. The summed E-state index contributed by atoms with van der Waals surface area (Å²) in [7, 11) is 3.39. The van der Waals surface area contributed by atoms with E-state index in [2.05, 4.69) is 14.6 Å². The van der Waals surface area contributed by atoms with Crippen molar-refractivity contribution in [3.8, 4) is 0 Å². The second-order valence-corrected chi connectivity index (χ2v) is 4.55. The summed E-state index contributed by atoms with van der Waals surface area (Å²) in [6.45, 7) is 1.99. The molecule has 0 unspecified atom stereocenters. The van der Waals surface area contributed by atoms with Gasteiger partial charge in [0.1, 0.15) is 0 Å². The average molecular weight is 266 g/mol. The zero-order valence-electron chi connectivity index (χ0n) is 11.6. The van der Waals surface area contributed by atoms with Gasteiger partial charge in [-0.2, -0.15) is 0 Å². The Hall–Kier alpha value is -1.46. The monoisotopic (exact) mass is 266 g/mol. The van der Waals surface area contributed by atoms with E-state index in [1.807, 2.05) is 13.1 Å². The first-order valence-corrected chi connectivity index (χ1v) is 6.50. The molecule has 19 heavy (non-hydrogen) atoms. The molecule has 0 atom stereocenters. The molecule has 1 heterocycles. The van der Waals surface area contributed by atoms with Crippen LogP contribution in [0.2, 0.25) is 0 Å². The van der Waals surface area contributed by atoms with Gasteiger partial charge in [-0.3, -0.25) is 4.98 Å². The molecule has 5 nitrogen and oxygen atoms in total. The molecule has 0 aliphatic carbocycles. The normalized spacial score (nSPS) is 10.7. The fourth-order valence-corrected chi connectivity index (χ4v) is 1.78. The first kappa shape index (κ1) is 15.6. The maximum atomic E-state index is 11.3. The van der Waals surface area contributed by atoms with Crippen molar-refractivity contribution in [1.29, 1.82) is 0 Å². The van der Waals surface area contributed by atoms with Gasteiger partial charge in [0.25, 0.3) is 0 Å².